The van der Waals surface area contributed by atoms with Gasteiger partial charge in [-0.25, -0.2) is 8.42 Å². The zero-order chi connectivity index (χ0) is 15.5. The molecule has 0 spiro atoms. The molecule has 1 aromatic rings. The highest BCUT2D eigenvalue weighted by atomic mass is 32.2. The summed E-state index contributed by atoms with van der Waals surface area (Å²) in [4.78, 5) is 2.84. The summed E-state index contributed by atoms with van der Waals surface area (Å²) in [5.41, 5.74) is 6.20. The lowest BCUT2D eigenvalue weighted by molar-refractivity contribution is 0.303. The number of nitrogens with zero attached hydrogens (tertiary/aromatic N) is 1. The van der Waals surface area contributed by atoms with Crippen LogP contribution in [0.2, 0.25) is 0 Å². The van der Waals surface area contributed by atoms with Crippen molar-refractivity contribution in [2.24, 2.45) is 5.73 Å². The first-order valence-electron chi connectivity index (χ1n) is 6.85. The lowest BCUT2D eigenvalue weighted by Gasteiger charge is -2.30. The highest BCUT2D eigenvalue weighted by Gasteiger charge is 2.20. The summed E-state index contributed by atoms with van der Waals surface area (Å²) in [6, 6.07) is 6.49. The molecule has 1 heterocycles. The summed E-state index contributed by atoms with van der Waals surface area (Å²) in [7, 11) is -3.25. The summed E-state index contributed by atoms with van der Waals surface area (Å²) in [5.74, 6) is 1.22. The van der Waals surface area contributed by atoms with Gasteiger partial charge in [0.25, 0.3) is 0 Å². The molecule has 1 aromatic carbocycles. The summed E-state index contributed by atoms with van der Waals surface area (Å²) >= 11 is 6.81. The minimum absolute atomic E-state index is 0.150. The number of nitrogens with two attached hydrogens (primary N) is 1. The van der Waals surface area contributed by atoms with Crippen molar-refractivity contribution in [1.82, 2.24) is 4.90 Å². The van der Waals surface area contributed by atoms with Crippen molar-refractivity contribution >= 4 is 38.8 Å². The third kappa shape index (κ3) is 4.67. The van der Waals surface area contributed by atoms with Crippen LogP contribution in [0.5, 0.6) is 0 Å². The first kappa shape index (κ1) is 16.7. The number of thioether (sulfide) groups is 1. The van der Waals surface area contributed by atoms with Crippen molar-refractivity contribution < 1.29 is 8.42 Å². The molecule has 1 fully saturated rings. The largest absolute Gasteiger partial charge is 0.389 e. The smallest absolute Gasteiger partial charge is 0.179 e. The van der Waals surface area contributed by atoms with E-state index in [1.807, 2.05) is 11.8 Å². The molecular formula is C14H20N2O2S3. The Morgan fingerprint density at radius 3 is 2.67 bits per heavy atom. The van der Waals surface area contributed by atoms with Gasteiger partial charge in [-0.05, 0) is 12.1 Å². The van der Waals surface area contributed by atoms with Gasteiger partial charge in [-0.2, -0.15) is 11.8 Å². The van der Waals surface area contributed by atoms with Crippen LogP contribution in [-0.4, -0.2) is 54.7 Å². The van der Waals surface area contributed by atoms with Gasteiger partial charge in [0, 0.05) is 36.2 Å². The van der Waals surface area contributed by atoms with Crippen molar-refractivity contribution in [3.63, 3.8) is 0 Å². The quantitative estimate of drug-likeness (QED) is 0.818. The summed E-state index contributed by atoms with van der Waals surface area (Å²) in [6.07, 6.45) is 0. The molecule has 0 radical (unpaired) electrons. The zero-order valence-corrected chi connectivity index (χ0v) is 14.4. The predicted octanol–water partition coefficient (Wildman–Crippen LogP) is 1.53. The average molecular weight is 345 g/mol. The second-order valence-corrected chi connectivity index (χ2v) is 9.28. The van der Waals surface area contributed by atoms with Crippen molar-refractivity contribution in [3.8, 4) is 0 Å². The average Bonchev–Trinajstić information content (AvgIpc) is 2.45. The van der Waals surface area contributed by atoms with Gasteiger partial charge in [-0.1, -0.05) is 31.3 Å². The lowest BCUT2D eigenvalue weighted by atomic mass is 10.2. The Kier molecular flexibility index (Phi) is 5.65. The van der Waals surface area contributed by atoms with E-state index in [1.165, 1.54) is 0 Å². The van der Waals surface area contributed by atoms with Gasteiger partial charge in [0.1, 0.15) is 4.99 Å². The monoisotopic (exact) mass is 344 g/mol. The standard InChI is InChI=1S/C14H20N2O2S3/c1-11-10-16(6-8-20-11)7-9-21(17,18)13-4-2-12(3-5-13)14(15)19/h2-5,11H,6-10H2,1H3,(H2,15,19). The first-order valence-corrected chi connectivity index (χ1v) is 9.96. The molecule has 0 amide bonds. The normalized spacial score (nSPS) is 20.3. The molecule has 0 saturated carbocycles. The molecule has 1 atom stereocenters. The number of thiocarbonyl (C=S) groups is 1. The third-order valence-electron chi connectivity index (χ3n) is 3.50. The summed E-state index contributed by atoms with van der Waals surface area (Å²) < 4.78 is 24.7. The fourth-order valence-electron chi connectivity index (χ4n) is 2.29. The van der Waals surface area contributed by atoms with E-state index >= 15 is 0 Å². The van der Waals surface area contributed by atoms with Gasteiger partial charge in [-0.3, -0.25) is 0 Å². The molecule has 1 saturated heterocycles. The molecule has 1 unspecified atom stereocenters. The van der Waals surface area contributed by atoms with Crippen LogP contribution in [0, 0.1) is 0 Å². The van der Waals surface area contributed by atoms with Crippen molar-refractivity contribution in [2.75, 3.05) is 31.1 Å². The van der Waals surface area contributed by atoms with Gasteiger partial charge in [0.2, 0.25) is 0 Å². The fraction of sp³-hybridized carbons (Fsp3) is 0.500. The van der Waals surface area contributed by atoms with Gasteiger partial charge < -0.3 is 10.6 Å². The molecule has 2 N–H and O–H groups in total. The molecular weight excluding hydrogens is 324 g/mol. The Balaban J connectivity index is 1.99. The van der Waals surface area contributed by atoms with Crippen LogP contribution in [0.25, 0.3) is 0 Å². The minimum atomic E-state index is -3.25. The maximum Gasteiger partial charge on any atom is 0.179 e. The van der Waals surface area contributed by atoms with E-state index < -0.39 is 9.84 Å². The van der Waals surface area contributed by atoms with Crippen LogP contribution in [-0.2, 0) is 9.84 Å². The second-order valence-electron chi connectivity index (χ2n) is 5.19. The van der Waals surface area contributed by atoms with Crippen molar-refractivity contribution in [3.05, 3.63) is 29.8 Å². The Bertz CT molecular complexity index is 599. The van der Waals surface area contributed by atoms with Gasteiger partial charge in [-0.15, -0.1) is 0 Å². The third-order valence-corrected chi connectivity index (χ3v) is 6.58. The maximum atomic E-state index is 12.3. The first-order chi connectivity index (χ1) is 9.88. The van der Waals surface area contributed by atoms with E-state index in [-0.39, 0.29) is 10.7 Å². The van der Waals surface area contributed by atoms with Crippen LogP contribution in [0.1, 0.15) is 12.5 Å². The van der Waals surface area contributed by atoms with Crippen LogP contribution >= 0.6 is 24.0 Å². The molecule has 1 aliphatic rings. The number of hydrogen-bond donors (Lipinski definition) is 1. The number of hydrogen-bond acceptors (Lipinski definition) is 5. The van der Waals surface area contributed by atoms with E-state index in [1.54, 1.807) is 24.3 Å². The maximum absolute atomic E-state index is 12.3. The molecule has 1 aliphatic heterocycles. The van der Waals surface area contributed by atoms with Gasteiger partial charge in [0.05, 0.1) is 10.6 Å². The zero-order valence-electron chi connectivity index (χ0n) is 12.0. The van der Waals surface area contributed by atoms with Crippen LogP contribution < -0.4 is 5.73 Å². The molecule has 4 nitrogen and oxygen atoms in total. The number of sulfone groups is 1. The Labute approximate surface area is 136 Å². The highest BCUT2D eigenvalue weighted by molar-refractivity contribution is 8.00. The molecule has 0 bridgehead atoms. The lowest BCUT2D eigenvalue weighted by Crippen LogP contribution is -2.39. The fourth-order valence-corrected chi connectivity index (χ4v) is 4.79. The summed E-state index contributed by atoms with van der Waals surface area (Å²) in [6.45, 7) is 4.69. The van der Waals surface area contributed by atoms with E-state index in [0.29, 0.717) is 22.3 Å². The van der Waals surface area contributed by atoms with Crippen molar-refractivity contribution in [1.29, 1.82) is 0 Å². The Morgan fingerprint density at radius 1 is 1.43 bits per heavy atom. The molecule has 21 heavy (non-hydrogen) atoms. The van der Waals surface area contributed by atoms with E-state index in [4.69, 9.17) is 18.0 Å². The van der Waals surface area contributed by atoms with Crippen LogP contribution in [0.4, 0.5) is 0 Å². The molecule has 2 rings (SSSR count). The SMILES string of the molecule is CC1CN(CCS(=O)(=O)c2ccc(C(N)=S)cc2)CCS1. The predicted molar refractivity (Wildman–Crippen MR) is 92.7 cm³/mol. The van der Waals surface area contributed by atoms with Gasteiger partial charge >= 0.3 is 0 Å². The second kappa shape index (κ2) is 7.09. The molecule has 7 heteroatoms. The minimum Gasteiger partial charge on any atom is -0.389 e. The number of rotatable bonds is 5. The van der Waals surface area contributed by atoms with Gasteiger partial charge in [0.15, 0.2) is 9.84 Å². The van der Waals surface area contributed by atoms with Crippen LogP contribution in [0.3, 0.4) is 0 Å². The highest BCUT2D eigenvalue weighted by Crippen LogP contribution is 2.18. The van der Waals surface area contributed by atoms with Crippen molar-refractivity contribution in [2.45, 2.75) is 17.1 Å². The Hall–Kier alpha value is -0.630. The topological polar surface area (TPSA) is 63.4 Å². The molecule has 0 aliphatic carbocycles. The van der Waals surface area contributed by atoms with Crippen LogP contribution in [0.15, 0.2) is 29.2 Å². The van der Waals surface area contributed by atoms with E-state index in [2.05, 4.69) is 11.8 Å². The Morgan fingerprint density at radius 2 is 2.10 bits per heavy atom. The van der Waals surface area contributed by atoms with E-state index in [0.717, 1.165) is 18.8 Å². The number of benzene rings is 1. The molecule has 116 valence electrons. The molecule has 0 aromatic heterocycles. The summed E-state index contributed by atoms with van der Waals surface area (Å²) in [5, 5.41) is 0.575. The van der Waals surface area contributed by atoms with E-state index in [9.17, 15) is 8.42 Å².